The lowest BCUT2D eigenvalue weighted by Crippen LogP contribution is -2.18. The normalized spacial score (nSPS) is 11.8. The van der Waals surface area contributed by atoms with E-state index in [9.17, 15) is 21.6 Å². The fourth-order valence-corrected chi connectivity index (χ4v) is 0.358. The van der Waals surface area contributed by atoms with Crippen LogP contribution in [-0.2, 0) is 14.6 Å². The number of hydrogen-bond donors (Lipinski definition) is 1. The maximum absolute atomic E-state index is 10.8. The second kappa shape index (κ2) is 4.52. The quantitative estimate of drug-likeness (QED) is 0.643. The van der Waals surface area contributed by atoms with Gasteiger partial charge in [-0.05, 0) is 0 Å². The van der Waals surface area contributed by atoms with Gasteiger partial charge in [-0.25, -0.2) is 0 Å². The first-order valence-corrected chi connectivity index (χ1v) is 3.82. The van der Waals surface area contributed by atoms with Crippen LogP contribution in [0.1, 0.15) is 13.8 Å². The maximum atomic E-state index is 10.8. The summed E-state index contributed by atoms with van der Waals surface area (Å²) in [4.78, 5) is 0. The largest absolute Gasteiger partial charge is 0.538 e. The molecule has 0 heterocycles. The van der Waals surface area contributed by atoms with Gasteiger partial charge in [0.15, 0.2) is 0 Å². The van der Waals surface area contributed by atoms with Crippen LogP contribution in [0.3, 0.4) is 0 Å². The Hall–Kier alpha value is -0.340. The third-order valence-electron chi connectivity index (χ3n) is 0.200. The van der Waals surface area contributed by atoms with Crippen molar-refractivity contribution in [3.05, 3.63) is 0 Å². The lowest BCUT2D eigenvalue weighted by Gasteiger charge is -2.00. The van der Waals surface area contributed by atoms with Crippen LogP contribution in [0.5, 0.6) is 0 Å². The molecule has 0 fully saturated rings. The topological polar surface area (TPSA) is 63.6 Å². The van der Waals surface area contributed by atoms with Crippen molar-refractivity contribution >= 4 is 10.4 Å². The molecule has 11 heavy (non-hydrogen) atoms. The molecule has 0 atom stereocenters. The summed E-state index contributed by atoms with van der Waals surface area (Å²) < 4.78 is 60.4. The molecule has 8 heteroatoms. The molecular formula is C3H7F3O4S. The van der Waals surface area contributed by atoms with E-state index in [0.717, 1.165) is 0 Å². The van der Waals surface area contributed by atoms with Crippen molar-refractivity contribution < 1.29 is 30.3 Å². The summed E-state index contributed by atoms with van der Waals surface area (Å²) in [6.45, 7) is 4.00. The molecule has 0 spiro atoms. The van der Waals surface area contributed by atoms with E-state index in [4.69, 9.17) is 4.55 Å². The molecule has 0 amide bonds. The molecule has 0 aromatic rings. The Kier molecular flexibility index (Phi) is 5.45. The third-order valence-corrected chi connectivity index (χ3v) is 0.599. The van der Waals surface area contributed by atoms with E-state index in [1.807, 2.05) is 13.8 Å². The predicted octanol–water partition coefficient (Wildman–Crippen LogP) is 1.35. The summed E-state index contributed by atoms with van der Waals surface area (Å²) in [6, 6.07) is 0. The summed E-state index contributed by atoms with van der Waals surface area (Å²) in [6.07, 6.45) is -5.35. The van der Waals surface area contributed by atoms with Gasteiger partial charge in [0.25, 0.3) is 0 Å². The minimum absolute atomic E-state index is 2.00. The fraction of sp³-hybridized carbons (Fsp3) is 1.00. The van der Waals surface area contributed by atoms with Gasteiger partial charge in [0.2, 0.25) is 0 Å². The average Bonchev–Trinajstić information content (AvgIpc) is 1.60. The summed E-state index contributed by atoms with van der Waals surface area (Å²) in [7, 11) is -5.41. The van der Waals surface area contributed by atoms with Crippen LogP contribution in [-0.4, -0.2) is 19.3 Å². The molecule has 0 aromatic heterocycles. The van der Waals surface area contributed by atoms with Gasteiger partial charge >= 0.3 is 16.8 Å². The van der Waals surface area contributed by atoms with E-state index in [2.05, 4.69) is 4.18 Å². The highest BCUT2D eigenvalue weighted by molar-refractivity contribution is 7.80. The third kappa shape index (κ3) is 17.7. The smallest absolute Gasteiger partial charge is 0.263 e. The lowest BCUT2D eigenvalue weighted by atomic mass is 11.0. The predicted molar refractivity (Wildman–Crippen MR) is 30.0 cm³/mol. The minimum Gasteiger partial charge on any atom is -0.263 e. The maximum Gasteiger partial charge on any atom is 0.538 e. The van der Waals surface area contributed by atoms with Crippen molar-refractivity contribution in [1.29, 1.82) is 0 Å². The van der Waals surface area contributed by atoms with Crippen molar-refractivity contribution in [2.45, 2.75) is 20.2 Å². The van der Waals surface area contributed by atoms with Gasteiger partial charge in [0.05, 0.1) is 0 Å². The second-order valence-electron chi connectivity index (χ2n) is 0.957. The lowest BCUT2D eigenvalue weighted by molar-refractivity contribution is -0.274. The molecule has 0 unspecified atom stereocenters. The molecule has 0 saturated carbocycles. The first-order valence-electron chi connectivity index (χ1n) is 2.45. The van der Waals surface area contributed by atoms with Crippen LogP contribution in [0.4, 0.5) is 13.2 Å². The molecule has 0 radical (unpaired) electrons. The first kappa shape index (κ1) is 13.3. The van der Waals surface area contributed by atoms with E-state index in [0.29, 0.717) is 0 Å². The summed E-state index contributed by atoms with van der Waals surface area (Å²) in [5.41, 5.74) is 0. The minimum atomic E-state index is -5.41. The van der Waals surface area contributed by atoms with Gasteiger partial charge in [0, 0.05) is 0 Å². The van der Waals surface area contributed by atoms with Crippen LogP contribution in [0.15, 0.2) is 0 Å². The number of halogens is 3. The molecule has 0 rings (SSSR count). The van der Waals surface area contributed by atoms with Gasteiger partial charge < -0.3 is 0 Å². The monoisotopic (exact) mass is 196 g/mol. The average molecular weight is 196 g/mol. The van der Waals surface area contributed by atoms with Crippen LogP contribution < -0.4 is 0 Å². The van der Waals surface area contributed by atoms with Crippen molar-refractivity contribution in [2.24, 2.45) is 0 Å². The van der Waals surface area contributed by atoms with Crippen molar-refractivity contribution in [3.63, 3.8) is 0 Å². The van der Waals surface area contributed by atoms with E-state index in [1.54, 1.807) is 0 Å². The molecule has 0 aromatic carbocycles. The molecule has 0 saturated heterocycles. The summed E-state index contributed by atoms with van der Waals surface area (Å²) in [5.74, 6) is 0. The molecule has 70 valence electrons. The van der Waals surface area contributed by atoms with E-state index in [1.165, 1.54) is 0 Å². The molecule has 1 N–H and O–H groups in total. The van der Waals surface area contributed by atoms with Gasteiger partial charge in [0.1, 0.15) is 0 Å². The van der Waals surface area contributed by atoms with Gasteiger partial charge in [-0.15, -0.1) is 17.4 Å². The standard InChI is InChI=1S/C2H6.CHF3O4S/c1-2;2-1(3,4)8-9(5,6)7/h1-2H3;(H,5,6,7). The summed E-state index contributed by atoms with van der Waals surface area (Å²) >= 11 is 0. The van der Waals surface area contributed by atoms with Crippen molar-refractivity contribution in [1.82, 2.24) is 0 Å². The zero-order chi connectivity index (χ0) is 9.71. The van der Waals surface area contributed by atoms with Gasteiger partial charge in [-0.2, -0.15) is 8.42 Å². The Morgan fingerprint density at radius 1 is 1.27 bits per heavy atom. The zero-order valence-corrected chi connectivity index (χ0v) is 6.53. The van der Waals surface area contributed by atoms with Crippen LogP contribution in [0, 0.1) is 0 Å². The van der Waals surface area contributed by atoms with Crippen LogP contribution in [0.25, 0.3) is 0 Å². The fourth-order valence-electron chi connectivity index (χ4n) is 0.119. The van der Waals surface area contributed by atoms with Crippen molar-refractivity contribution in [2.75, 3.05) is 0 Å². The molecule has 0 aliphatic rings. The summed E-state index contributed by atoms with van der Waals surface area (Å²) in [5, 5.41) is 0. The molecule has 0 bridgehead atoms. The van der Waals surface area contributed by atoms with Crippen LogP contribution in [0.2, 0.25) is 0 Å². The molecule has 0 aliphatic carbocycles. The SMILES string of the molecule is CC.O=S(=O)(O)OC(F)(F)F. The second-order valence-corrected chi connectivity index (χ2v) is 1.98. The highest BCUT2D eigenvalue weighted by Crippen LogP contribution is 2.17. The Morgan fingerprint density at radius 3 is 1.55 bits per heavy atom. The van der Waals surface area contributed by atoms with Gasteiger partial charge in [-0.3, -0.25) is 4.55 Å². The molecule has 4 nitrogen and oxygen atoms in total. The van der Waals surface area contributed by atoms with Crippen LogP contribution >= 0.6 is 0 Å². The first-order chi connectivity index (χ1) is 4.71. The highest BCUT2D eigenvalue weighted by Gasteiger charge is 2.35. The van der Waals surface area contributed by atoms with Crippen molar-refractivity contribution in [3.8, 4) is 0 Å². The Bertz CT molecular complexity index is 181. The van der Waals surface area contributed by atoms with Gasteiger partial charge in [-0.1, -0.05) is 13.8 Å². The molecule has 0 aliphatic heterocycles. The Balaban J connectivity index is 0. The Labute approximate surface area is 61.9 Å². The molecular weight excluding hydrogens is 189 g/mol. The number of rotatable bonds is 1. The van der Waals surface area contributed by atoms with E-state index in [-0.39, 0.29) is 0 Å². The van der Waals surface area contributed by atoms with E-state index >= 15 is 0 Å². The number of hydrogen-bond acceptors (Lipinski definition) is 3. The zero-order valence-electron chi connectivity index (χ0n) is 5.71. The highest BCUT2D eigenvalue weighted by atomic mass is 32.3. The Morgan fingerprint density at radius 2 is 1.55 bits per heavy atom. The van der Waals surface area contributed by atoms with E-state index < -0.39 is 16.8 Å². The number of alkyl halides is 3.